The Balaban J connectivity index is 1.48. The quantitative estimate of drug-likeness (QED) is 0.534. The Morgan fingerprint density at radius 2 is 2.00 bits per heavy atom. The van der Waals surface area contributed by atoms with E-state index in [-0.39, 0.29) is 28.8 Å². The van der Waals surface area contributed by atoms with E-state index in [4.69, 9.17) is 16.3 Å². The number of esters is 1. The molecule has 28 heavy (non-hydrogen) atoms. The van der Waals surface area contributed by atoms with Crippen LogP contribution in [-0.2, 0) is 24.3 Å². The van der Waals surface area contributed by atoms with Crippen molar-refractivity contribution in [1.82, 2.24) is 9.71 Å². The summed E-state index contributed by atoms with van der Waals surface area (Å²) in [6.07, 6.45) is 1.36. The molecule has 0 saturated carbocycles. The van der Waals surface area contributed by atoms with Crippen LogP contribution < -0.4 is 10.0 Å². The van der Waals surface area contributed by atoms with Gasteiger partial charge in [-0.15, -0.1) is 0 Å². The van der Waals surface area contributed by atoms with Crippen molar-refractivity contribution in [2.24, 2.45) is 4.99 Å². The number of aromatic nitrogens is 1. The Labute approximate surface area is 165 Å². The minimum atomic E-state index is -3.63. The summed E-state index contributed by atoms with van der Waals surface area (Å²) >= 11 is 5.82. The van der Waals surface area contributed by atoms with Crippen molar-refractivity contribution in [2.75, 3.05) is 18.5 Å². The number of anilines is 1. The highest BCUT2D eigenvalue weighted by atomic mass is 35.5. The standard InChI is InChI=1S/C17H15ClN4O5S/c18-16-12(5-3-8-19-16)21-14(23)10-27-15(24)7-9-20-17-11-4-1-2-6-13(11)28(25,26)22-17/h1-6,8H,7,9-10H2,(H,20,22)(H,21,23). The van der Waals surface area contributed by atoms with Crippen LogP contribution in [0.2, 0.25) is 5.15 Å². The second kappa shape index (κ2) is 8.36. The molecule has 1 aromatic carbocycles. The number of amides is 1. The lowest BCUT2D eigenvalue weighted by Gasteiger charge is -2.07. The van der Waals surface area contributed by atoms with Crippen molar-refractivity contribution in [3.8, 4) is 0 Å². The van der Waals surface area contributed by atoms with E-state index in [1.807, 2.05) is 0 Å². The molecule has 1 aromatic heterocycles. The number of nitrogens with zero attached hydrogens (tertiary/aromatic N) is 2. The number of aliphatic imine (C=N–C) groups is 1. The van der Waals surface area contributed by atoms with E-state index in [0.717, 1.165) is 0 Å². The van der Waals surface area contributed by atoms with Gasteiger partial charge < -0.3 is 10.1 Å². The molecule has 11 heteroatoms. The molecular formula is C17H15ClN4O5S. The summed E-state index contributed by atoms with van der Waals surface area (Å²) < 4.78 is 31.1. The summed E-state index contributed by atoms with van der Waals surface area (Å²) in [5.74, 6) is -1.04. The third-order valence-electron chi connectivity index (χ3n) is 3.65. The monoisotopic (exact) mass is 422 g/mol. The number of pyridine rings is 1. The SMILES string of the molecule is O=C(COC(=O)CCN=C1NS(=O)(=O)c2ccccc21)Nc1cccnc1Cl. The fourth-order valence-electron chi connectivity index (χ4n) is 2.39. The van der Waals surface area contributed by atoms with Crippen molar-refractivity contribution < 1.29 is 22.7 Å². The number of carbonyl (C=O) groups is 2. The van der Waals surface area contributed by atoms with Gasteiger partial charge in [-0.25, -0.2) is 13.4 Å². The molecule has 2 aromatic rings. The van der Waals surface area contributed by atoms with Gasteiger partial charge >= 0.3 is 5.97 Å². The zero-order chi connectivity index (χ0) is 20.1. The van der Waals surface area contributed by atoms with E-state index in [9.17, 15) is 18.0 Å². The van der Waals surface area contributed by atoms with Gasteiger partial charge in [-0.3, -0.25) is 19.3 Å². The molecule has 0 unspecified atom stereocenters. The summed E-state index contributed by atoms with van der Waals surface area (Å²) in [5, 5.41) is 2.59. The van der Waals surface area contributed by atoms with Crippen LogP contribution in [0.4, 0.5) is 5.69 Å². The van der Waals surface area contributed by atoms with Crippen LogP contribution in [0.5, 0.6) is 0 Å². The maximum Gasteiger partial charge on any atom is 0.308 e. The number of benzene rings is 1. The largest absolute Gasteiger partial charge is 0.456 e. The number of carbonyl (C=O) groups excluding carboxylic acids is 2. The summed E-state index contributed by atoms with van der Waals surface area (Å²) in [7, 11) is -3.63. The Kier molecular flexibility index (Phi) is 5.90. The number of ether oxygens (including phenoxy) is 1. The van der Waals surface area contributed by atoms with Gasteiger partial charge in [0.25, 0.3) is 15.9 Å². The van der Waals surface area contributed by atoms with E-state index >= 15 is 0 Å². The Morgan fingerprint density at radius 1 is 1.21 bits per heavy atom. The Morgan fingerprint density at radius 3 is 2.79 bits per heavy atom. The van der Waals surface area contributed by atoms with Crippen LogP contribution in [0.1, 0.15) is 12.0 Å². The highest BCUT2D eigenvalue weighted by molar-refractivity contribution is 7.90. The van der Waals surface area contributed by atoms with Gasteiger partial charge in [-0.1, -0.05) is 23.7 Å². The molecular weight excluding hydrogens is 408 g/mol. The molecule has 0 saturated heterocycles. The first-order chi connectivity index (χ1) is 13.4. The number of nitrogens with one attached hydrogen (secondary N) is 2. The van der Waals surface area contributed by atoms with E-state index in [1.54, 1.807) is 30.3 Å². The zero-order valence-corrected chi connectivity index (χ0v) is 16.0. The van der Waals surface area contributed by atoms with Crippen molar-refractivity contribution in [1.29, 1.82) is 0 Å². The fourth-order valence-corrected chi connectivity index (χ4v) is 3.81. The number of halogens is 1. The van der Waals surface area contributed by atoms with Gasteiger partial charge in [0.05, 0.1) is 23.5 Å². The molecule has 1 aliphatic rings. The van der Waals surface area contributed by atoms with E-state index in [2.05, 4.69) is 20.0 Å². The van der Waals surface area contributed by atoms with Crippen molar-refractivity contribution >= 4 is 45.0 Å². The molecule has 1 aliphatic heterocycles. The minimum absolute atomic E-state index is 0.00106. The lowest BCUT2D eigenvalue weighted by atomic mass is 10.2. The molecule has 9 nitrogen and oxygen atoms in total. The highest BCUT2D eigenvalue weighted by Crippen LogP contribution is 2.22. The molecule has 0 bridgehead atoms. The van der Waals surface area contributed by atoms with Crippen LogP contribution >= 0.6 is 11.6 Å². The predicted octanol–water partition coefficient (Wildman–Crippen LogP) is 1.35. The third-order valence-corrected chi connectivity index (χ3v) is 5.34. The topological polar surface area (TPSA) is 127 Å². The molecule has 0 fully saturated rings. The first kappa shape index (κ1) is 19.8. The smallest absolute Gasteiger partial charge is 0.308 e. The van der Waals surface area contributed by atoms with E-state index in [1.165, 1.54) is 12.3 Å². The minimum Gasteiger partial charge on any atom is -0.456 e. The van der Waals surface area contributed by atoms with Crippen molar-refractivity contribution in [3.05, 3.63) is 53.3 Å². The van der Waals surface area contributed by atoms with Gasteiger partial charge in [-0.05, 0) is 24.3 Å². The predicted molar refractivity (Wildman–Crippen MR) is 102 cm³/mol. The summed E-state index contributed by atoms with van der Waals surface area (Å²) in [4.78, 5) is 31.6. The maximum absolute atomic E-state index is 12.0. The first-order valence-electron chi connectivity index (χ1n) is 8.09. The normalized spacial score (nSPS) is 15.5. The van der Waals surface area contributed by atoms with Crippen LogP contribution in [0.15, 0.2) is 52.5 Å². The average molecular weight is 423 g/mol. The van der Waals surface area contributed by atoms with Gasteiger partial charge in [0.1, 0.15) is 5.84 Å². The van der Waals surface area contributed by atoms with Crippen LogP contribution in [0.3, 0.4) is 0 Å². The van der Waals surface area contributed by atoms with E-state index in [0.29, 0.717) is 11.3 Å². The van der Waals surface area contributed by atoms with Gasteiger partial charge in [0.2, 0.25) is 0 Å². The Bertz CT molecular complexity index is 1060. The maximum atomic E-state index is 12.0. The first-order valence-corrected chi connectivity index (χ1v) is 9.95. The molecule has 2 heterocycles. The molecule has 3 rings (SSSR count). The van der Waals surface area contributed by atoms with Gasteiger partial charge in [0.15, 0.2) is 11.8 Å². The molecule has 0 radical (unpaired) electrons. The van der Waals surface area contributed by atoms with Crippen molar-refractivity contribution in [3.63, 3.8) is 0 Å². The number of hydrogen-bond acceptors (Lipinski definition) is 7. The lowest BCUT2D eigenvalue weighted by Crippen LogP contribution is -2.23. The van der Waals surface area contributed by atoms with Crippen LogP contribution in [-0.4, -0.2) is 44.3 Å². The second-order valence-corrected chi connectivity index (χ2v) is 7.64. The molecule has 0 atom stereocenters. The Hall–Kier alpha value is -2.98. The molecule has 146 valence electrons. The molecule has 1 amide bonds. The average Bonchev–Trinajstić information content (AvgIpc) is 2.93. The number of amidine groups is 1. The summed E-state index contributed by atoms with van der Waals surface area (Å²) in [6.45, 7) is -0.489. The van der Waals surface area contributed by atoms with Crippen molar-refractivity contribution in [2.45, 2.75) is 11.3 Å². The van der Waals surface area contributed by atoms with E-state index < -0.39 is 28.5 Å². The number of sulfonamides is 1. The number of hydrogen-bond donors (Lipinski definition) is 2. The summed E-state index contributed by atoms with van der Waals surface area (Å²) in [6, 6.07) is 9.56. The third kappa shape index (κ3) is 4.65. The lowest BCUT2D eigenvalue weighted by molar-refractivity contribution is -0.147. The highest BCUT2D eigenvalue weighted by Gasteiger charge is 2.29. The summed E-state index contributed by atoms with van der Waals surface area (Å²) in [5.41, 5.74) is 0.757. The molecule has 0 aliphatic carbocycles. The number of fused-ring (bicyclic) bond motifs is 1. The zero-order valence-electron chi connectivity index (χ0n) is 14.4. The number of rotatable bonds is 6. The van der Waals surface area contributed by atoms with Crippen LogP contribution in [0.25, 0.3) is 0 Å². The second-order valence-electron chi connectivity index (χ2n) is 5.63. The van der Waals surface area contributed by atoms with Crippen LogP contribution in [0, 0.1) is 0 Å². The van der Waals surface area contributed by atoms with Gasteiger partial charge in [-0.2, -0.15) is 0 Å². The fraction of sp³-hybridized carbons (Fsp3) is 0.176. The van der Waals surface area contributed by atoms with Gasteiger partial charge in [0, 0.05) is 11.8 Å². The molecule has 0 spiro atoms. The molecule has 2 N–H and O–H groups in total.